The molecule has 188 valence electrons. The second kappa shape index (κ2) is 12.2. The molecule has 2 amide bonds. The molecule has 0 unspecified atom stereocenters. The molecule has 1 saturated carbocycles. The number of rotatable bonds is 10. The lowest BCUT2D eigenvalue weighted by atomic mass is 9.95. The molecule has 3 N–H and O–H groups in total. The van der Waals surface area contributed by atoms with Crippen molar-refractivity contribution in [2.24, 2.45) is 0 Å². The second-order valence-corrected chi connectivity index (χ2v) is 8.82. The van der Waals surface area contributed by atoms with Gasteiger partial charge in [0.05, 0.1) is 12.2 Å². The van der Waals surface area contributed by atoms with Crippen molar-refractivity contribution in [2.45, 2.75) is 37.9 Å². The summed E-state index contributed by atoms with van der Waals surface area (Å²) < 4.78 is 11.4. The predicted octanol–water partition coefficient (Wildman–Crippen LogP) is 3.79. The Morgan fingerprint density at radius 1 is 0.750 bits per heavy atom. The number of ether oxygens (including phenoxy) is 2. The summed E-state index contributed by atoms with van der Waals surface area (Å²) in [4.78, 5) is 35.5. The summed E-state index contributed by atoms with van der Waals surface area (Å²) in [5, 5.41) is 16.4. The standard InChI is InChI=1S/C28H30N2O6/c31-26(32)18-35-23-11-13-25(14-12-23)36-24-9-7-20(8-10-24)27(33)29-15-16-30-28(34)22-6-5-19-3-1-2-4-21(19)17-22/h1-10,17,23,25H,11-16,18H2,(H,29,33)(H,30,34)(H,31,32). The summed E-state index contributed by atoms with van der Waals surface area (Å²) in [7, 11) is 0. The molecule has 0 aliphatic heterocycles. The molecular weight excluding hydrogens is 460 g/mol. The molecule has 1 aliphatic carbocycles. The van der Waals surface area contributed by atoms with E-state index in [2.05, 4.69) is 10.6 Å². The molecule has 1 fully saturated rings. The van der Waals surface area contributed by atoms with Crippen LogP contribution in [0.2, 0.25) is 0 Å². The maximum atomic E-state index is 12.4. The van der Waals surface area contributed by atoms with Crippen LogP contribution in [0.25, 0.3) is 10.8 Å². The number of nitrogens with one attached hydrogen (secondary N) is 2. The van der Waals surface area contributed by atoms with Crippen LogP contribution in [-0.2, 0) is 9.53 Å². The highest BCUT2D eigenvalue weighted by Gasteiger charge is 2.23. The van der Waals surface area contributed by atoms with Crippen molar-refractivity contribution in [3.63, 3.8) is 0 Å². The molecule has 4 rings (SSSR count). The van der Waals surface area contributed by atoms with Gasteiger partial charge in [0.15, 0.2) is 0 Å². The van der Waals surface area contributed by atoms with Crippen molar-refractivity contribution in [2.75, 3.05) is 19.7 Å². The molecule has 3 aromatic rings. The zero-order chi connectivity index (χ0) is 25.3. The first kappa shape index (κ1) is 25.2. The fourth-order valence-corrected chi connectivity index (χ4v) is 4.27. The van der Waals surface area contributed by atoms with Gasteiger partial charge in [0, 0.05) is 24.2 Å². The van der Waals surface area contributed by atoms with Gasteiger partial charge in [-0.25, -0.2) is 4.79 Å². The summed E-state index contributed by atoms with van der Waals surface area (Å²) in [6, 6.07) is 20.4. The van der Waals surface area contributed by atoms with Crippen molar-refractivity contribution in [1.82, 2.24) is 10.6 Å². The summed E-state index contributed by atoms with van der Waals surface area (Å²) in [5.41, 5.74) is 1.09. The second-order valence-electron chi connectivity index (χ2n) is 8.82. The van der Waals surface area contributed by atoms with E-state index in [1.165, 1.54) is 0 Å². The van der Waals surface area contributed by atoms with Crippen molar-refractivity contribution in [3.8, 4) is 5.75 Å². The highest BCUT2D eigenvalue weighted by atomic mass is 16.5. The van der Waals surface area contributed by atoms with Crippen LogP contribution in [0, 0.1) is 0 Å². The Labute approximate surface area is 209 Å². The van der Waals surface area contributed by atoms with Gasteiger partial charge in [0.1, 0.15) is 12.4 Å². The molecule has 36 heavy (non-hydrogen) atoms. The van der Waals surface area contributed by atoms with Gasteiger partial charge in [0.2, 0.25) is 0 Å². The van der Waals surface area contributed by atoms with E-state index in [-0.39, 0.29) is 30.6 Å². The summed E-state index contributed by atoms with van der Waals surface area (Å²) in [6.45, 7) is 0.359. The highest BCUT2D eigenvalue weighted by Crippen LogP contribution is 2.25. The van der Waals surface area contributed by atoms with Crippen LogP contribution in [0.1, 0.15) is 46.4 Å². The SMILES string of the molecule is O=C(O)COC1CCC(Oc2ccc(C(=O)NCCNC(=O)c3ccc4ccccc4c3)cc2)CC1. The van der Waals surface area contributed by atoms with E-state index in [1.54, 1.807) is 30.3 Å². The van der Waals surface area contributed by atoms with Gasteiger partial charge < -0.3 is 25.2 Å². The third-order valence-corrected chi connectivity index (χ3v) is 6.19. The Balaban J connectivity index is 1.16. The van der Waals surface area contributed by atoms with Crippen LogP contribution in [0.3, 0.4) is 0 Å². The van der Waals surface area contributed by atoms with Crippen LogP contribution in [0.15, 0.2) is 66.7 Å². The molecule has 8 heteroatoms. The average molecular weight is 491 g/mol. The van der Waals surface area contributed by atoms with E-state index in [9.17, 15) is 14.4 Å². The molecule has 0 atom stereocenters. The number of carboxylic acids is 1. The molecular formula is C28H30N2O6. The van der Waals surface area contributed by atoms with E-state index >= 15 is 0 Å². The Bertz CT molecular complexity index is 1200. The normalized spacial score (nSPS) is 17.3. The average Bonchev–Trinajstić information content (AvgIpc) is 2.90. The van der Waals surface area contributed by atoms with E-state index in [4.69, 9.17) is 14.6 Å². The fourth-order valence-electron chi connectivity index (χ4n) is 4.27. The third-order valence-electron chi connectivity index (χ3n) is 6.19. The number of fused-ring (bicyclic) bond motifs is 1. The van der Waals surface area contributed by atoms with Gasteiger partial charge in [-0.2, -0.15) is 0 Å². The van der Waals surface area contributed by atoms with Crippen molar-refractivity contribution in [1.29, 1.82) is 0 Å². The molecule has 0 aromatic heterocycles. The lowest BCUT2D eigenvalue weighted by Gasteiger charge is -2.28. The number of carbonyl (C=O) groups excluding carboxylic acids is 2. The first-order chi connectivity index (χ1) is 17.5. The molecule has 0 radical (unpaired) electrons. The Hall–Kier alpha value is -3.91. The molecule has 3 aromatic carbocycles. The van der Waals surface area contributed by atoms with Crippen LogP contribution in [-0.4, -0.2) is 54.8 Å². The number of amides is 2. The van der Waals surface area contributed by atoms with Gasteiger partial charge in [-0.15, -0.1) is 0 Å². The minimum Gasteiger partial charge on any atom is -0.490 e. The lowest BCUT2D eigenvalue weighted by molar-refractivity contribution is -0.145. The van der Waals surface area contributed by atoms with E-state index in [0.29, 0.717) is 30.0 Å². The fraction of sp³-hybridized carbons (Fsp3) is 0.321. The third kappa shape index (κ3) is 7.05. The highest BCUT2D eigenvalue weighted by molar-refractivity contribution is 5.98. The number of hydrogen-bond donors (Lipinski definition) is 3. The number of benzene rings is 3. The van der Waals surface area contributed by atoms with Gasteiger partial charge in [-0.1, -0.05) is 30.3 Å². The predicted molar refractivity (Wildman–Crippen MR) is 135 cm³/mol. The molecule has 0 saturated heterocycles. The van der Waals surface area contributed by atoms with Crippen molar-refractivity contribution in [3.05, 3.63) is 77.9 Å². The van der Waals surface area contributed by atoms with Gasteiger partial charge in [-0.05, 0) is 72.9 Å². The number of carboxylic acid groups (broad SMARTS) is 1. The Morgan fingerprint density at radius 3 is 2.00 bits per heavy atom. The largest absolute Gasteiger partial charge is 0.490 e. The first-order valence-corrected chi connectivity index (χ1v) is 12.1. The van der Waals surface area contributed by atoms with E-state index < -0.39 is 5.97 Å². The van der Waals surface area contributed by atoms with Gasteiger partial charge in [-0.3, -0.25) is 9.59 Å². The smallest absolute Gasteiger partial charge is 0.329 e. The minimum atomic E-state index is -0.955. The molecule has 0 heterocycles. The first-order valence-electron chi connectivity index (χ1n) is 12.1. The van der Waals surface area contributed by atoms with Gasteiger partial charge in [0.25, 0.3) is 11.8 Å². The minimum absolute atomic E-state index is 0.0376. The summed E-state index contributed by atoms with van der Waals surface area (Å²) in [6.07, 6.45) is 3.10. The quantitative estimate of drug-likeness (QED) is 0.373. The van der Waals surface area contributed by atoms with E-state index in [0.717, 1.165) is 36.5 Å². The topological polar surface area (TPSA) is 114 Å². The van der Waals surface area contributed by atoms with Crippen LogP contribution < -0.4 is 15.4 Å². The number of hydrogen-bond acceptors (Lipinski definition) is 5. The zero-order valence-electron chi connectivity index (χ0n) is 19.9. The molecule has 1 aliphatic rings. The summed E-state index contributed by atoms with van der Waals surface area (Å²) >= 11 is 0. The zero-order valence-corrected chi connectivity index (χ0v) is 19.9. The molecule has 0 bridgehead atoms. The van der Waals surface area contributed by atoms with Crippen LogP contribution >= 0.6 is 0 Å². The van der Waals surface area contributed by atoms with E-state index in [1.807, 2.05) is 36.4 Å². The van der Waals surface area contributed by atoms with Crippen LogP contribution in [0.5, 0.6) is 5.75 Å². The number of carbonyl (C=O) groups is 3. The monoisotopic (exact) mass is 490 g/mol. The lowest BCUT2D eigenvalue weighted by Crippen LogP contribution is -2.34. The number of aliphatic carboxylic acids is 1. The molecule has 8 nitrogen and oxygen atoms in total. The van der Waals surface area contributed by atoms with Crippen molar-refractivity contribution >= 4 is 28.6 Å². The maximum Gasteiger partial charge on any atom is 0.329 e. The Kier molecular flexibility index (Phi) is 8.52. The van der Waals surface area contributed by atoms with Crippen molar-refractivity contribution < 1.29 is 29.0 Å². The Morgan fingerprint density at radius 2 is 1.33 bits per heavy atom. The molecule has 0 spiro atoms. The summed E-state index contributed by atoms with van der Waals surface area (Å²) in [5.74, 6) is -0.677. The van der Waals surface area contributed by atoms with Gasteiger partial charge >= 0.3 is 5.97 Å². The van der Waals surface area contributed by atoms with Crippen LogP contribution in [0.4, 0.5) is 0 Å². The maximum absolute atomic E-state index is 12.4.